The fourth-order valence-corrected chi connectivity index (χ4v) is 3.97. The zero-order chi connectivity index (χ0) is 24.2. The molecule has 176 valence electrons. The Morgan fingerprint density at radius 1 is 1.03 bits per heavy atom. The van der Waals surface area contributed by atoms with Crippen LogP contribution in [0.5, 0.6) is 0 Å². The van der Waals surface area contributed by atoms with Crippen LogP contribution in [0.2, 0.25) is 0 Å². The van der Waals surface area contributed by atoms with E-state index in [1.807, 2.05) is 30.3 Å². The normalized spacial score (nSPS) is 11.1. The fourth-order valence-electron chi connectivity index (χ4n) is 3.97. The summed E-state index contributed by atoms with van der Waals surface area (Å²) < 4.78 is 7.92. The monoisotopic (exact) mass is 463 g/mol. The van der Waals surface area contributed by atoms with E-state index >= 15 is 0 Å². The fraction of sp³-hybridized carbons (Fsp3) is 0.250. The summed E-state index contributed by atoms with van der Waals surface area (Å²) in [6.07, 6.45) is 0.413. The van der Waals surface area contributed by atoms with Crippen LogP contribution in [-0.2, 0) is 17.9 Å². The molecule has 2 heterocycles. The van der Waals surface area contributed by atoms with Gasteiger partial charge in [-0.15, -0.1) is 0 Å². The Hall–Kier alpha value is -4.34. The molecule has 4 rings (SSSR count). The van der Waals surface area contributed by atoms with Crippen LogP contribution in [0.15, 0.2) is 73.4 Å². The second kappa shape index (κ2) is 9.65. The molecule has 0 radical (unpaired) electrons. The number of para-hydroxylation sites is 2. The molecule has 0 atom stereocenters. The van der Waals surface area contributed by atoms with Crippen molar-refractivity contribution in [2.45, 2.75) is 32.9 Å². The zero-order valence-corrected chi connectivity index (χ0v) is 18.7. The number of aryl methyl sites for hydroxylation is 1. The Balaban J connectivity index is 1.55. The minimum Gasteiger partial charge on any atom is -0.408 e. The number of aromatic amines is 1. The molecule has 10 nitrogen and oxygen atoms in total. The summed E-state index contributed by atoms with van der Waals surface area (Å²) in [5.74, 6) is -0.912. The number of nitrogens with zero attached hydrogens (tertiary/aromatic N) is 3. The Bertz CT molecular complexity index is 1500. The molecule has 0 spiro atoms. The summed E-state index contributed by atoms with van der Waals surface area (Å²) in [5, 5.41) is 0. The van der Waals surface area contributed by atoms with Crippen molar-refractivity contribution in [3.05, 3.63) is 91.5 Å². The van der Waals surface area contributed by atoms with Crippen molar-refractivity contribution in [2.24, 2.45) is 0 Å². The third-order valence-corrected chi connectivity index (χ3v) is 5.63. The zero-order valence-electron chi connectivity index (χ0n) is 18.7. The number of fused-ring (bicyclic) bond motifs is 1. The number of nitrogen functional groups attached to an aromatic ring is 1. The maximum atomic E-state index is 13.0. The molecule has 0 bridgehead atoms. The van der Waals surface area contributed by atoms with Gasteiger partial charge in [-0.25, -0.2) is 9.59 Å². The molecule has 0 unspecified atom stereocenters. The number of benzene rings is 2. The lowest BCUT2D eigenvalue weighted by atomic mass is 10.2. The summed E-state index contributed by atoms with van der Waals surface area (Å²) in [6.45, 7) is 2.33. The first-order chi connectivity index (χ1) is 16.4. The largest absolute Gasteiger partial charge is 0.419 e. The molecule has 0 saturated heterocycles. The van der Waals surface area contributed by atoms with Crippen molar-refractivity contribution in [3.63, 3.8) is 0 Å². The summed E-state index contributed by atoms with van der Waals surface area (Å²) in [5.41, 5.74) is 6.75. The van der Waals surface area contributed by atoms with Crippen LogP contribution in [0, 0.1) is 0 Å². The third kappa shape index (κ3) is 4.42. The van der Waals surface area contributed by atoms with Crippen LogP contribution in [-0.4, -0.2) is 26.6 Å². The molecular formula is C24H25N5O5. The molecule has 2 aromatic carbocycles. The van der Waals surface area contributed by atoms with Gasteiger partial charge in [-0.05, 0) is 31.0 Å². The highest BCUT2D eigenvalue weighted by molar-refractivity contribution is 5.95. The SMILES string of the molecule is CCN(C(=O)CCCn1c(=O)oc2ccccc21)c1c(N)n(Cc2ccccc2)c(=O)[nH]c1=O. The molecule has 10 heteroatoms. The van der Waals surface area contributed by atoms with Gasteiger partial charge in [0.2, 0.25) is 5.91 Å². The number of aromatic nitrogens is 3. The van der Waals surface area contributed by atoms with E-state index in [2.05, 4.69) is 4.98 Å². The molecule has 34 heavy (non-hydrogen) atoms. The summed E-state index contributed by atoms with van der Waals surface area (Å²) in [4.78, 5) is 53.7. The van der Waals surface area contributed by atoms with E-state index in [0.717, 1.165) is 5.56 Å². The summed E-state index contributed by atoms with van der Waals surface area (Å²) in [7, 11) is 0. The van der Waals surface area contributed by atoms with Crippen LogP contribution in [0.3, 0.4) is 0 Å². The van der Waals surface area contributed by atoms with Crippen molar-refractivity contribution >= 4 is 28.5 Å². The lowest BCUT2D eigenvalue weighted by molar-refractivity contribution is -0.118. The number of amides is 1. The van der Waals surface area contributed by atoms with Crippen LogP contribution >= 0.6 is 0 Å². The first-order valence-electron chi connectivity index (χ1n) is 11.0. The number of carbonyl (C=O) groups excluding carboxylic acids is 1. The van der Waals surface area contributed by atoms with Crippen molar-refractivity contribution in [1.29, 1.82) is 0 Å². The maximum absolute atomic E-state index is 13.0. The molecule has 0 aliphatic carbocycles. The molecule has 3 N–H and O–H groups in total. The van der Waals surface area contributed by atoms with Gasteiger partial charge in [0.1, 0.15) is 5.82 Å². The number of rotatable bonds is 8. The van der Waals surface area contributed by atoms with Gasteiger partial charge >= 0.3 is 11.4 Å². The second-order valence-corrected chi connectivity index (χ2v) is 7.79. The molecule has 1 amide bonds. The molecule has 0 fully saturated rings. The van der Waals surface area contributed by atoms with E-state index in [-0.39, 0.29) is 43.5 Å². The smallest absolute Gasteiger partial charge is 0.408 e. The molecule has 0 saturated carbocycles. The lowest BCUT2D eigenvalue weighted by Crippen LogP contribution is -2.41. The minimum absolute atomic E-state index is 0.0611. The minimum atomic E-state index is -0.723. The summed E-state index contributed by atoms with van der Waals surface area (Å²) >= 11 is 0. The standard InChI is InChI=1S/C24H25N5O5/c1-2-27(19(30)13-8-14-28-17-11-6-7-12-18(17)34-24(28)33)20-21(25)29(23(32)26-22(20)31)15-16-9-4-3-5-10-16/h3-7,9-12H,2,8,13-15,25H2,1H3,(H,26,31,32). The van der Waals surface area contributed by atoms with E-state index in [0.29, 0.717) is 17.5 Å². The quantitative estimate of drug-likeness (QED) is 0.410. The van der Waals surface area contributed by atoms with Crippen LogP contribution in [0.4, 0.5) is 11.5 Å². The Kier molecular flexibility index (Phi) is 6.48. The molecule has 0 aliphatic rings. The van der Waals surface area contributed by atoms with Gasteiger partial charge in [0, 0.05) is 19.5 Å². The van der Waals surface area contributed by atoms with Gasteiger partial charge in [0.15, 0.2) is 11.3 Å². The number of H-pyrrole nitrogens is 1. The number of anilines is 2. The molecular weight excluding hydrogens is 438 g/mol. The average molecular weight is 463 g/mol. The van der Waals surface area contributed by atoms with E-state index < -0.39 is 17.0 Å². The maximum Gasteiger partial charge on any atom is 0.419 e. The average Bonchev–Trinajstić information content (AvgIpc) is 3.15. The van der Waals surface area contributed by atoms with Gasteiger partial charge < -0.3 is 15.1 Å². The van der Waals surface area contributed by atoms with Gasteiger partial charge in [-0.1, -0.05) is 42.5 Å². The van der Waals surface area contributed by atoms with Crippen molar-refractivity contribution < 1.29 is 9.21 Å². The van der Waals surface area contributed by atoms with Gasteiger partial charge in [-0.2, -0.15) is 0 Å². The predicted octanol–water partition coefficient (Wildman–Crippen LogP) is 1.91. The first kappa shape index (κ1) is 22.8. The van der Waals surface area contributed by atoms with Gasteiger partial charge in [0.25, 0.3) is 5.56 Å². The van der Waals surface area contributed by atoms with Crippen LogP contribution in [0.1, 0.15) is 25.3 Å². The van der Waals surface area contributed by atoms with E-state index in [1.165, 1.54) is 14.0 Å². The van der Waals surface area contributed by atoms with E-state index in [4.69, 9.17) is 10.2 Å². The Morgan fingerprint density at radius 3 is 2.47 bits per heavy atom. The number of nitrogens with two attached hydrogens (primary N) is 1. The number of hydrogen-bond donors (Lipinski definition) is 2. The number of oxazole rings is 1. The summed E-state index contributed by atoms with van der Waals surface area (Å²) in [6, 6.07) is 16.2. The van der Waals surface area contributed by atoms with Crippen molar-refractivity contribution in [2.75, 3.05) is 17.2 Å². The Morgan fingerprint density at radius 2 is 1.74 bits per heavy atom. The lowest BCUT2D eigenvalue weighted by Gasteiger charge is -2.23. The first-order valence-corrected chi connectivity index (χ1v) is 11.0. The third-order valence-electron chi connectivity index (χ3n) is 5.63. The number of hydrogen-bond acceptors (Lipinski definition) is 6. The molecule has 2 aromatic heterocycles. The van der Waals surface area contributed by atoms with Crippen LogP contribution < -0.4 is 27.6 Å². The Labute approximate surface area is 193 Å². The van der Waals surface area contributed by atoms with Crippen LogP contribution in [0.25, 0.3) is 11.1 Å². The highest BCUT2D eigenvalue weighted by atomic mass is 16.4. The van der Waals surface area contributed by atoms with E-state index in [9.17, 15) is 19.2 Å². The van der Waals surface area contributed by atoms with Gasteiger partial charge in [-0.3, -0.25) is 23.7 Å². The van der Waals surface area contributed by atoms with Crippen molar-refractivity contribution in [3.8, 4) is 0 Å². The van der Waals surface area contributed by atoms with Gasteiger partial charge in [0.05, 0.1) is 12.1 Å². The van der Waals surface area contributed by atoms with Crippen molar-refractivity contribution in [1.82, 2.24) is 14.1 Å². The predicted molar refractivity (Wildman–Crippen MR) is 129 cm³/mol. The molecule has 4 aromatic rings. The highest BCUT2D eigenvalue weighted by Gasteiger charge is 2.23. The highest BCUT2D eigenvalue weighted by Crippen LogP contribution is 2.19. The topological polar surface area (TPSA) is 136 Å². The second-order valence-electron chi connectivity index (χ2n) is 7.79. The number of nitrogens with one attached hydrogen (secondary N) is 1. The number of carbonyl (C=O) groups is 1. The van der Waals surface area contributed by atoms with E-state index in [1.54, 1.807) is 31.2 Å². The molecule has 0 aliphatic heterocycles.